The number of rotatable bonds is 3. The lowest BCUT2D eigenvalue weighted by molar-refractivity contribution is 0.398. The number of ether oxygens (including phenoxy) is 1. The number of nitrogens with zero attached hydrogens (tertiary/aromatic N) is 2. The van der Waals surface area contributed by atoms with Gasteiger partial charge in [-0.3, -0.25) is 0 Å². The van der Waals surface area contributed by atoms with Gasteiger partial charge < -0.3 is 15.8 Å². The molecule has 15 heavy (non-hydrogen) atoms. The van der Waals surface area contributed by atoms with Gasteiger partial charge in [0, 0.05) is 6.07 Å². The molecule has 0 spiro atoms. The number of nitrogens with one attached hydrogen (secondary N) is 1. The summed E-state index contributed by atoms with van der Waals surface area (Å²) in [5.41, 5.74) is 6.51. The number of hydrogen-bond donors (Lipinski definition) is 2. The zero-order chi connectivity index (χ0) is 10.7. The molecule has 1 saturated carbocycles. The van der Waals surface area contributed by atoms with E-state index in [0.29, 0.717) is 17.9 Å². The fourth-order valence-electron chi connectivity index (χ4n) is 1.16. The third-order valence-corrected chi connectivity index (χ3v) is 2.09. The maximum absolute atomic E-state index is 5.70. The molecule has 80 valence electrons. The molecule has 2 rings (SSSR count). The van der Waals surface area contributed by atoms with Crippen LogP contribution in [0.3, 0.4) is 0 Å². The molecule has 0 unspecified atom stereocenters. The SMILES string of the molecule is COc1ccc(NC(N)=NC2CC2)cn1. The molecule has 5 heteroatoms. The van der Waals surface area contributed by atoms with E-state index < -0.39 is 0 Å². The van der Waals surface area contributed by atoms with Crippen LogP contribution in [0.4, 0.5) is 5.69 Å². The van der Waals surface area contributed by atoms with Crippen molar-refractivity contribution in [1.82, 2.24) is 4.98 Å². The average molecular weight is 206 g/mol. The predicted molar refractivity (Wildman–Crippen MR) is 59.1 cm³/mol. The van der Waals surface area contributed by atoms with Crippen molar-refractivity contribution in [2.24, 2.45) is 10.7 Å². The number of pyridine rings is 1. The first kappa shape index (κ1) is 9.76. The van der Waals surface area contributed by atoms with Crippen LogP contribution in [0.5, 0.6) is 5.88 Å². The van der Waals surface area contributed by atoms with Crippen molar-refractivity contribution >= 4 is 11.6 Å². The molecule has 1 aromatic heterocycles. The summed E-state index contributed by atoms with van der Waals surface area (Å²) in [7, 11) is 1.58. The van der Waals surface area contributed by atoms with Gasteiger partial charge in [-0.1, -0.05) is 0 Å². The van der Waals surface area contributed by atoms with E-state index in [1.807, 2.05) is 6.07 Å². The molecule has 1 aromatic rings. The van der Waals surface area contributed by atoms with Crippen LogP contribution in [0.2, 0.25) is 0 Å². The van der Waals surface area contributed by atoms with Crippen molar-refractivity contribution in [3.05, 3.63) is 18.3 Å². The van der Waals surface area contributed by atoms with Gasteiger partial charge in [-0.25, -0.2) is 9.98 Å². The van der Waals surface area contributed by atoms with E-state index in [1.54, 1.807) is 19.4 Å². The van der Waals surface area contributed by atoms with Crippen molar-refractivity contribution in [2.75, 3.05) is 12.4 Å². The predicted octanol–water partition coefficient (Wildman–Crippen LogP) is 0.979. The summed E-state index contributed by atoms with van der Waals surface area (Å²) in [6.45, 7) is 0. The van der Waals surface area contributed by atoms with Gasteiger partial charge in [-0.2, -0.15) is 0 Å². The van der Waals surface area contributed by atoms with Crippen LogP contribution >= 0.6 is 0 Å². The fraction of sp³-hybridized carbons (Fsp3) is 0.400. The van der Waals surface area contributed by atoms with Gasteiger partial charge in [0.2, 0.25) is 5.88 Å². The minimum Gasteiger partial charge on any atom is -0.481 e. The highest BCUT2D eigenvalue weighted by Crippen LogP contribution is 2.23. The molecule has 0 radical (unpaired) electrons. The Hall–Kier alpha value is -1.78. The highest BCUT2D eigenvalue weighted by molar-refractivity contribution is 5.92. The number of aromatic nitrogens is 1. The maximum Gasteiger partial charge on any atom is 0.213 e. The minimum absolute atomic E-state index is 0.420. The van der Waals surface area contributed by atoms with Crippen LogP contribution in [0.15, 0.2) is 23.3 Å². The lowest BCUT2D eigenvalue weighted by Crippen LogP contribution is -2.23. The second kappa shape index (κ2) is 4.16. The Morgan fingerprint density at radius 1 is 1.60 bits per heavy atom. The topological polar surface area (TPSA) is 72.5 Å². The second-order valence-corrected chi connectivity index (χ2v) is 3.46. The molecule has 0 saturated heterocycles. The molecule has 0 amide bonds. The number of hydrogen-bond acceptors (Lipinski definition) is 3. The summed E-state index contributed by atoms with van der Waals surface area (Å²) in [6.07, 6.45) is 3.95. The average Bonchev–Trinajstić information content (AvgIpc) is 3.03. The third kappa shape index (κ3) is 2.83. The third-order valence-electron chi connectivity index (χ3n) is 2.09. The zero-order valence-electron chi connectivity index (χ0n) is 8.60. The van der Waals surface area contributed by atoms with Gasteiger partial charge >= 0.3 is 0 Å². The highest BCUT2D eigenvalue weighted by atomic mass is 16.5. The van der Waals surface area contributed by atoms with Gasteiger partial charge in [-0.05, 0) is 18.9 Å². The normalized spacial score (nSPS) is 16.2. The number of nitrogens with two attached hydrogens (primary N) is 1. The first-order valence-electron chi connectivity index (χ1n) is 4.88. The first-order chi connectivity index (χ1) is 7.28. The zero-order valence-corrected chi connectivity index (χ0v) is 8.60. The van der Waals surface area contributed by atoms with E-state index in [4.69, 9.17) is 10.5 Å². The molecule has 3 N–H and O–H groups in total. The molecular formula is C10H14N4O. The Labute approximate surface area is 88.4 Å². The van der Waals surface area contributed by atoms with Gasteiger partial charge in [0.25, 0.3) is 0 Å². The van der Waals surface area contributed by atoms with Crippen molar-refractivity contribution in [3.63, 3.8) is 0 Å². The van der Waals surface area contributed by atoms with Crippen molar-refractivity contribution in [1.29, 1.82) is 0 Å². The van der Waals surface area contributed by atoms with E-state index in [-0.39, 0.29) is 0 Å². The summed E-state index contributed by atoms with van der Waals surface area (Å²) in [5.74, 6) is 1.03. The first-order valence-corrected chi connectivity index (χ1v) is 4.88. The van der Waals surface area contributed by atoms with E-state index >= 15 is 0 Å². The van der Waals surface area contributed by atoms with Crippen LogP contribution in [0, 0.1) is 0 Å². The highest BCUT2D eigenvalue weighted by Gasteiger charge is 2.20. The monoisotopic (exact) mass is 206 g/mol. The summed E-state index contributed by atoms with van der Waals surface area (Å²) >= 11 is 0. The van der Waals surface area contributed by atoms with E-state index in [0.717, 1.165) is 18.5 Å². The Morgan fingerprint density at radius 2 is 2.40 bits per heavy atom. The number of methoxy groups -OCH3 is 1. The summed E-state index contributed by atoms with van der Waals surface area (Å²) in [4.78, 5) is 8.30. The largest absolute Gasteiger partial charge is 0.481 e. The van der Waals surface area contributed by atoms with Crippen molar-refractivity contribution < 1.29 is 4.74 Å². The van der Waals surface area contributed by atoms with Crippen LogP contribution in [0.25, 0.3) is 0 Å². The number of aliphatic imine (C=N–C) groups is 1. The molecule has 1 fully saturated rings. The maximum atomic E-state index is 5.70. The molecular weight excluding hydrogens is 192 g/mol. The van der Waals surface area contributed by atoms with E-state index in [9.17, 15) is 0 Å². The van der Waals surface area contributed by atoms with Gasteiger partial charge in [-0.15, -0.1) is 0 Å². The molecule has 0 aromatic carbocycles. The van der Waals surface area contributed by atoms with Crippen LogP contribution in [-0.2, 0) is 0 Å². The van der Waals surface area contributed by atoms with Gasteiger partial charge in [0.15, 0.2) is 5.96 Å². The van der Waals surface area contributed by atoms with Crippen LogP contribution in [-0.4, -0.2) is 24.1 Å². The standard InChI is InChI=1S/C10H14N4O/c1-15-9-5-4-8(6-12-9)14-10(11)13-7-2-3-7/h4-7H,2-3H2,1H3,(H3,11,13,14). The smallest absolute Gasteiger partial charge is 0.213 e. The summed E-state index contributed by atoms with van der Waals surface area (Å²) in [5, 5.41) is 2.97. The molecule has 1 heterocycles. The molecule has 1 aliphatic carbocycles. The Balaban J connectivity index is 1.97. The van der Waals surface area contributed by atoms with Crippen molar-refractivity contribution in [2.45, 2.75) is 18.9 Å². The van der Waals surface area contributed by atoms with Crippen molar-refractivity contribution in [3.8, 4) is 5.88 Å². The lowest BCUT2D eigenvalue weighted by atomic mass is 10.4. The van der Waals surface area contributed by atoms with E-state index in [1.165, 1.54) is 0 Å². The molecule has 0 aliphatic heterocycles. The Morgan fingerprint density at radius 3 is 2.93 bits per heavy atom. The quantitative estimate of drug-likeness (QED) is 0.571. The van der Waals surface area contributed by atoms with Crippen LogP contribution in [0.1, 0.15) is 12.8 Å². The molecule has 1 aliphatic rings. The number of guanidine groups is 1. The Kier molecular flexibility index (Phi) is 2.71. The van der Waals surface area contributed by atoms with Crippen LogP contribution < -0.4 is 15.8 Å². The Bertz CT molecular complexity index is 356. The minimum atomic E-state index is 0.420. The molecule has 0 bridgehead atoms. The molecule has 5 nitrogen and oxygen atoms in total. The lowest BCUT2D eigenvalue weighted by Gasteiger charge is -2.05. The molecule has 0 atom stereocenters. The summed E-state index contributed by atoms with van der Waals surface area (Å²) in [6, 6.07) is 4.04. The van der Waals surface area contributed by atoms with Gasteiger partial charge in [0.1, 0.15) is 0 Å². The fourth-order valence-corrected chi connectivity index (χ4v) is 1.16. The van der Waals surface area contributed by atoms with Gasteiger partial charge in [0.05, 0.1) is 25.0 Å². The number of anilines is 1. The second-order valence-electron chi connectivity index (χ2n) is 3.46. The van der Waals surface area contributed by atoms with E-state index in [2.05, 4.69) is 15.3 Å². The summed E-state index contributed by atoms with van der Waals surface area (Å²) < 4.78 is 4.95.